The van der Waals surface area contributed by atoms with Gasteiger partial charge in [-0.2, -0.15) is 0 Å². The Hall–Kier alpha value is -1.46. The second kappa shape index (κ2) is 11.1. The molecule has 4 aromatic heterocycles. The minimum Gasteiger partial charge on any atom is -0.139 e. The van der Waals surface area contributed by atoms with Gasteiger partial charge in [-0.3, -0.25) is 0 Å². The predicted molar refractivity (Wildman–Crippen MR) is 170 cm³/mol. The van der Waals surface area contributed by atoms with Crippen molar-refractivity contribution >= 4 is 95.1 Å². The number of rotatable bonds is 12. The van der Waals surface area contributed by atoms with Gasteiger partial charge in [0.1, 0.15) is 0 Å². The Labute approximate surface area is 231 Å². The van der Waals surface area contributed by atoms with E-state index in [-0.39, 0.29) is 0 Å². The van der Waals surface area contributed by atoms with E-state index >= 15 is 0 Å². The Kier molecular flexibility index (Phi) is 7.67. The van der Waals surface area contributed by atoms with E-state index in [2.05, 4.69) is 50.2 Å². The lowest BCUT2D eigenvalue weighted by Gasteiger charge is -2.01. The summed E-state index contributed by atoms with van der Waals surface area (Å²) in [6.07, 6.45) is 16.1. The molecule has 0 atom stereocenters. The molecule has 0 amide bonds. The van der Waals surface area contributed by atoms with Crippen molar-refractivity contribution in [3.63, 3.8) is 0 Å². The van der Waals surface area contributed by atoms with Crippen molar-refractivity contribution < 1.29 is 0 Å². The SMILES string of the molecule is CCCCCCCc1cc2sc3cc4cc5sc6cc(CCCCCCC)sc6c5cc4cc3c2s1. The summed E-state index contributed by atoms with van der Waals surface area (Å²) >= 11 is 8.06. The maximum atomic E-state index is 2.48. The minimum atomic E-state index is 1.25. The van der Waals surface area contributed by atoms with Crippen LogP contribution in [0.2, 0.25) is 0 Å². The summed E-state index contributed by atoms with van der Waals surface area (Å²) in [6, 6.07) is 14.8. The summed E-state index contributed by atoms with van der Waals surface area (Å²) in [5.74, 6) is 0. The van der Waals surface area contributed by atoms with Crippen LogP contribution in [0, 0.1) is 0 Å². The standard InChI is InChI=1S/C32H36S4/c1-3-5-7-9-11-13-23-19-29-31(33-23)25-15-21-16-26-28(18-22(21)17-27(25)35-29)36-30-20-24(34-32(26)30)14-12-10-8-6-4-2/h15-20H,3-14H2,1-2H3. The second-order valence-electron chi connectivity index (χ2n) is 10.4. The van der Waals surface area contributed by atoms with E-state index in [4.69, 9.17) is 0 Å². The minimum absolute atomic E-state index is 1.25. The average molecular weight is 549 g/mol. The molecule has 0 bridgehead atoms. The maximum absolute atomic E-state index is 2.48. The molecule has 36 heavy (non-hydrogen) atoms. The van der Waals surface area contributed by atoms with Crippen LogP contribution in [-0.2, 0) is 12.8 Å². The average Bonchev–Trinajstić information content (AvgIpc) is 3.60. The van der Waals surface area contributed by atoms with E-state index in [1.807, 2.05) is 45.3 Å². The molecule has 0 saturated heterocycles. The molecule has 0 N–H and O–H groups in total. The quantitative estimate of drug-likeness (QED) is 0.133. The van der Waals surface area contributed by atoms with Gasteiger partial charge in [-0.15, -0.1) is 45.3 Å². The lowest BCUT2D eigenvalue weighted by atomic mass is 10.1. The molecular formula is C32H36S4. The van der Waals surface area contributed by atoms with Crippen LogP contribution in [0.4, 0.5) is 0 Å². The van der Waals surface area contributed by atoms with Crippen LogP contribution in [0.3, 0.4) is 0 Å². The molecule has 0 unspecified atom stereocenters. The Balaban J connectivity index is 1.28. The molecule has 0 fully saturated rings. The third-order valence-electron chi connectivity index (χ3n) is 7.52. The molecule has 4 heterocycles. The van der Waals surface area contributed by atoms with Gasteiger partial charge in [-0.1, -0.05) is 65.2 Å². The first-order valence-corrected chi connectivity index (χ1v) is 17.2. The largest absolute Gasteiger partial charge is 0.139 e. The highest BCUT2D eigenvalue weighted by molar-refractivity contribution is 7.33. The topological polar surface area (TPSA) is 0 Å². The van der Waals surface area contributed by atoms with Gasteiger partial charge in [0.25, 0.3) is 0 Å². The van der Waals surface area contributed by atoms with Gasteiger partial charge < -0.3 is 0 Å². The molecule has 0 aliphatic heterocycles. The molecule has 4 heteroatoms. The van der Waals surface area contributed by atoms with E-state index in [1.54, 1.807) is 9.75 Å². The highest BCUT2D eigenvalue weighted by Crippen LogP contribution is 2.45. The first-order chi connectivity index (χ1) is 17.7. The number of unbranched alkanes of at least 4 members (excludes halogenated alkanes) is 8. The van der Waals surface area contributed by atoms with Gasteiger partial charge in [0.2, 0.25) is 0 Å². The van der Waals surface area contributed by atoms with Crippen molar-refractivity contribution in [1.82, 2.24) is 0 Å². The molecule has 0 aliphatic carbocycles. The number of fused-ring (bicyclic) bond motifs is 7. The third-order valence-corrected chi connectivity index (χ3v) is 12.4. The normalized spacial score (nSPS) is 12.4. The Bertz CT molecular complexity index is 1500. The Morgan fingerprint density at radius 2 is 0.889 bits per heavy atom. The van der Waals surface area contributed by atoms with Crippen molar-refractivity contribution in [3.05, 3.63) is 46.2 Å². The van der Waals surface area contributed by atoms with E-state index in [0.717, 1.165) is 0 Å². The summed E-state index contributed by atoms with van der Waals surface area (Å²) in [4.78, 5) is 3.15. The fourth-order valence-corrected chi connectivity index (χ4v) is 10.7. The van der Waals surface area contributed by atoms with Crippen LogP contribution >= 0.6 is 45.3 Å². The highest BCUT2D eigenvalue weighted by atomic mass is 32.1. The van der Waals surface area contributed by atoms with Gasteiger partial charge in [0.15, 0.2) is 0 Å². The molecule has 0 aliphatic rings. The van der Waals surface area contributed by atoms with Crippen LogP contribution in [0.15, 0.2) is 36.4 Å². The molecule has 0 spiro atoms. The lowest BCUT2D eigenvalue weighted by Crippen LogP contribution is -1.81. The zero-order valence-electron chi connectivity index (χ0n) is 21.6. The lowest BCUT2D eigenvalue weighted by molar-refractivity contribution is 0.634. The summed E-state index contributed by atoms with van der Waals surface area (Å²) < 4.78 is 8.89. The number of thiophene rings is 4. The van der Waals surface area contributed by atoms with Crippen LogP contribution in [0.25, 0.3) is 49.7 Å². The van der Waals surface area contributed by atoms with Crippen LogP contribution in [-0.4, -0.2) is 0 Å². The molecule has 0 radical (unpaired) electrons. The highest BCUT2D eigenvalue weighted by Gasteiger charge is 2.14. The fourth-order valence-electron chi connectivity index (χ4n) is 5.49. The first-order valence-electron chi connectivity index (χ1n) is 14.0. The molecular weight excluding hydrogens is 513 g/mol. The van der Waals surface area contributed by atoms with Crippen LogP contribution in [0.1, 0.15) is 87.8 Å². The first kappa shape index (κ1) is 24.9. The number of hydrogen-bond acceptors (Lipinski definition) is 4. The van der Waals surface area contributed by atoms with Gasteiger partial charge in [-0.25, -0.2) is 0 Å². The van der Waals surface area contributed by atoms with E-state index < -0.39 is 0 Å². The van der Waals surface area contributed by atoms with E-state index in [9.17, 15) is 0 Å². The maximum Gasteiger partial charge on any atom is 0.0532 e. The van der Waals surface area contributed by atoms with Gasteiger partial charge in [0.05, 0.1) is 9.40 Å². The Morgan fingerprint density at radius 1 is 0.444 bits per heavy atom. The summed E-state index contributed by atoms with van der Waals surface area (Å²) in [5, 5.41) is 5.73. The van der Waals surface area contributed by atoms with Gasteiger partial charge >= 0.3 is 0 Å². The molecule has 0 saturated carbocycles. The van der Waals surface area contributed by atoms with Crippen molar-refractivity contribution in [1.29, 1.82) is 0 Å². The molecule has 0 nitrogen and oxygen atoms in total. The van der Waals surface area contributed by atoms with Crippen molar-refractivity contribution in [2.45, 2.75) is 90.9 Å². The van der Waals surface area contributed by atoms with Crippen LogP contribution in [0.5, 0.6) is 0 Å². The van der Waals surface area contributed by atoms with Gasteiger partial charge in [0, 0.05) is 39.3 Å². The van der Waals surface area contributed by atoms with Crippen molar-refractivity contribution in [2.75, 3.05) is 0 Å². The van der Waals surface area contributed by atoms with E-state index in [1.165, 1.54) is 127 Å². The van der Waals surface area contributed by atoms with Crippen LogP contribution < -0.4 is 0 Å². The molecule has 188 valence electrons. The fraction of sp³-hybridized carbons (Fsp3) is 0.438. The monoisotopic (exact) mass is 548 g/mol. The molecule has 6 aromatic rings. The Morgan fingerprint density at radius 3 is 1.36 bits per heavy atom. The summed E-state index contributed by atoms with van der Waals surface area (Å²) in [5.41, 5.74) is 0. The zero-order valence-corrected chi connectivity index (χ0v) is 24.8. The van der Waals surface area contributed by atoms with Crippen molar-refractivity contribution in [3.8, 4) is 0 Å². The van der Waals surface area contributed by atoms with Crippen molar-refractivity contribution in [2.24, 2.45) is 0 Å². The summed E-state index contributed by atoms with van der Waals surface area (Å²) in [7, 11) is 0. The zero-order chi connectivity index (χ0) is 24.5. The smallest absolute Gasteiger partial charge is 0.0532 e. The second-order valence-corrected chi connectivity index (χ2v) is 14.8. The predicted octanol–water partition coefficient (Wildman–Crippen LogP) is 12.7. The third kappa shape index (κ3) is 4.99. The van der Waals surface area contributed by atoms with E-state index in [0.29, 0.717) is 0 Å². The molecule has 6 rings (SSSR count). The van der Waals surface area contributed by atoms with Gasteiger partial charge in [-0.05, 0) is 72.9 Å². The summed E-state index contributed by atoms with van der Waals surface area (Å²) in [6.45, 7) is 4.59. The molecule has 2 aromatic carbocycles. The number of hydrogen-bond donors (Lipinski definition) is 0. The number of benzene rings is 2. The number of aryl methyl sites for hydroxylation is 2.